The predicted octanol–water partition coefficient (Wildman–Crippen LogP) is 0.746. The summed E-state index contributed by atoms with van der Waals surface area (Å²) in [6.07, 6.45) is 0. The number of nitrogens with two attached hydrogens (primary N) is 1. The molecule has 0 saturated carbocycles. The van der Waals surface area contributed by atoms with Crippen molar-refractivity contribution >= 4 is 11.6 Å². The van der Waals surface area contributed by atoms with Crippen molar-refractivity contribution in [2.75, 3.05) is 25.6 Å². The summed E-state index contributed by atoms with van der Waals surface area (Å²) in [6, 6.07) is 3.92. The van der Waals surface area contributed by atoms with Crippen molar-refractivity contribution in [3.8, 4) is 5.75 Å². The first-order valence-corrected chi connectivity index (χ1v) is 5.59. The second-order valence-electron chi connectivity index (χ2n) is 4.15. The van der Waals surface area contributed by atoms with Crippen LogP contribution in [0.25, 0.3) is 0 Å². The Morgan fingerprint density at radius 3 is 2.89 bits per heavy atom. The van der Waals surface area contributed by atoms with Crippen LogP contribution in [0.5, 0.6) is 5.75 Å². The van der Waals surface area contributed by atoms with Crippen molar-refractivity contribution in [3.05, 3.63) is 24.0 Å². The summed E-state index contributed by atoms with van der Waals surface area (Å²) in [5, 5.41) is 2.61. The van der Waals surface area contributed by atoms with Crippen LogP contribution in [-0.4, -0.2) is 32.3 Å². The monoisotopic (exact) mass is 254 g/mol. The van der Waals surface area contributed by atoms with E-state index in [1.165, 1.54) is 19.2 Å². The van der Waals surface area contributed by atoms with Crippen LogP contribution in [0, 0.1) is 11.7 Å². The normalized spacial score (nSPS) is 22.8. The maximum atomic E-state index is 13.4. The van der Waals surface area contributed by atoms with Crippen molar-refractivity contribution in [3.63, 3.8) is 0 Å². The first kappa shape index (κ1) is 12.8. The second kappa shape index (κ2) is 5.32. The third-order valence-electron chi connectivity index (χ3n) is 2.88. The number of nitrogens with one attached hydrogen (secondary N) is 1. The van der Waals surface area contributed by atoms with E-state index >= 15 is 0 Å². The Bertz CT molecular complexity index is 453. The molecule has 0 aliphatic carbocycles. The fourth-order valence-electron chi connectivity index (χ4n) is 1.82. The zero-order valence-corrected chi connectivity index (χ0v) is 9.98. The smallest absolute Gasteiger partial charge is 0.231 e. The largest absolute Gasteiger partial charge is 0.494 e. The molecule has 1 aliphatic heterocycles. The van der Waals surface area contributed by atoms with E-state index in [9.17, 15) is 9.18 Å². The molecule has 0 spiro atoms. The quantitative estimate of drug-likeness (QED) is 0.834. The minimum atomic E-state index is -0.526. The highest BCUT2D eigenvalue weighted by Gasteiger charge is 2.31. The van der Waals surface area contributed by atoms with Crippen LogP contribution in [0.15, 0.2) is 18.2 Å². The summed E-state index contributed by atoms with van der Waals surface area (Å²) in [5.41, 5.74) is 6.10. The first-order chi connectivity index (χ1) is 8.61. The lowest BCUT2D eigenvalue weighted by Gasteiger charge is -2.13. The molecule has 1 aliphatic rings. The van der Waals surface area contributed by atoms with Crippen molar-refractivity contribution < 1.29 is 18.7 Å². The molecule has 2 unspecified atom stereocenters. The van der Waals surface area contributed by atoms with Gasteiger partial charge in [-0.3, -0.25) is 4.79 Å². The molecule has 98 valence electrons. The fraction of sp³-hybridized carbons (Fsp3) is 0.417. The van der Waals surface area contributed by atoms with E-state index in [4.69, 9.17) is 15.2 Å². The van der Waals surface area contributed by atoms with E-state index in [0.29, 0.717) is 18.9 Å². The maximum Gasteiger partial charge on any atom is 0.231 e. The van der Waals surface area contributed by atoms with Gasteiger partial charge in [-0.05, 0) is 12.1 Å². The number of hydrogen-bond acceptors (Lipinski definition) is 4. The van der Waals surface area contributed by atoms with Crippen LogP contribution in [0.4, 0.5) is 10.1 Å². The molecular weight excluding hydrogens is 239 g/mol. The fourth-order valence-corrected chi connectivity index (χ4v) is 1.82. The van der Waals surface area contributed by atoms with Gasteiger partial charge in [-0.25, -0.2) is 4.39 Å². The van der Waals surface area contributed by atoms with Crippen LogP contribution in [0.2, 0.25) is 0 Å². The predicted molar refractivity (Wildman–Crippen MR) is 63.9 cm³/mol. The number of anilines is 1. The number of rotatable bonds is 3. The molecule has 1 amide bonds. The van der Waals surface area contributed by atoms with E-state index in [1.807, 2.05) is 0 Å². The van der Waals surface area contributed by atoms with Gasteiger partial charge < -0.3 is 20.5 Å². The number of ether oxygens (including phenoxy) is 2. The van der Waals surface area contributed by atoms with Gasteiger partial charge in [-0.2, -0.15) is 0 Å². The molecule has 3 N–H and O–H groups in total. The molecule has 0 aromatic heterocycles. The molecular formula is C12H15FN2O3. The van der Waals surface area contributed by atoms with Gasteiger partial charge in [0.05, 0.1) is 26.2 Å². The van der Waals surface area contributed by atoms with Crippen LogP contribution in [0.3, 0.4) is 0 Å². The van der Waals surface area contributed by atoms with Crippen LogP contribution in [-0.2, 0) is 9.53 Å². The number of benzene rings is 1. The molecule has 1 fully saturated rings. The van der Waals surface area contributed by atoms with Crippen LogP contribution < -0.4 is 15.8 Å². The third kappa shape index (κ3) is 2.60. The van der Waals surface area contributed by atoms with Gasteiger partial charge in [-0.1, -0.05) is 0 Å². The van der Waals surface area contributed by atoms with E-state index in [0.717, 1.165) is 0 Å². The van der Waals surface area contributed by atoms with Crippen molar-refractivity contribution in [1.82, 2.24) is 0 Å². The minimum Gasteiger partial charge on any atom is -0.494 e. The second-order valence-corrected chi connectivity index (χ2v) is 4.15. The van der Waals surface area contributed by atoms with Crippen molar-refractivity contribution in [1.29, 1.82) is 0 Å². The summed E-state index contributed by atoms with van der Waals surface area (Å²) >= 11 is 0. The lowest BCUT2D eigenvalue weighted by molar-refractivity contribution is -0.120. The molecule has 5 nitrogen and oxygen atoms in total. The molecule has 0 radical (unpaired) electrons. The lowest BCUT2D eigenvalue weighted by atomic mass is 10.0. The molecule has 18 heavy (non-hydrogen) atoms. The molecule has 2 rings (SSSR count). The van der Waals surface area contributed by atoms with Gasteiger partial charge >= 0.3 is 0 Å². The van der Waals surface area contributed by atoms with E-state index in [2.05, 4.69) is 5.32 Å². The number of carbonyl (C=O) groups excluding carboxylic acids is 1. The topological polar surface area (TPSA) is 73.6 Å². The Hall–Kier alpha value is -1.66. The Kier molecular flexibility index (Phi) is 3.78. The highest BCUT2D eigenvalue weighted by molar-refractivity contribution is 5.93. The third-order valence-corrected chi connectivity index (χ3v) is 2.88. The van der Waals surface area contributed by atoms with Crippen molar-refractivity contribution in [2.45, 2.75) is 6.04 Å². The molecule has 0 bridgehead atoms. The molecule has 6 heteroatoms. The summed E-state index contributed by atoms with van der Waals surface area (Å²) in [5.74, 6) is -1.05. The summed E-state index contributed by atoms with van der Waals surface area (Å²) in [7, 11) is 1.38. The molecule has 1 saturated heterocycles. The molecule has 1 aromatic carbocycles. The Morgan fingerprint density at radius 2 is 2.33 bits per heavy atom. The average molecular weight is 254 g/mol. The first-order valence-electron chi connectivity index (χ1n) is 5.59. The van der Waals surface area contributed by atoms with Gasteiger partial charge in [-0.15, -0.1) is 0 Å². The minimum absolute atomic E-state index is 0.133. The average Bonchev–Trinajstić information content (AvgIpc) is 2.76. The highest BCUT2D eigenvalue weighted by Crippen LogP contribution is 2.22. The van der Waals surface area contributed by atoms with Gasteiger partial charge in [0.15, 0.2) is 11.6 Å². The molecule has 1 heterocycles. The standard InChI is InChI=1S/C12H15FN2O3/c1-17-11-3-2-7(4-9(11)13)15-12(16)8-5-18-6-10(8)14/h2-4,8,10H,5-6,14H2,1H3,(H,15,16). The van der Waals surface area contributed by atoms with Gasteiger partial charge in [0, 0.05) is 17.8 Å². The number of halogens is 1. The highest BCUT2D eigenvalue weighted by atomic mass is 19.1. The maximum absolute atomic E-state index is 13.4. The number of hydrogen-bond donors (Lipinski definition) is 2. The van der Waals surface area contributed by atoms with Crippen molar-refractivity contribution in [2.24, 2.45) is 11.7 Å². The van der Waals surface area contributed by atoms with Gasteiger partial charge in [0.1, 0.15) is 0 Å². The van der Waals surface area contributed by atoms with E-state index < -0.39 is 11.7 Å². The van der Waals surface area contributed by atoms with Crippen LogP contribution >= 0.6 is 0 Å². The SMILES string of the molecule is COc1ccc(NC(=O)C2COCC2N)cc1F. The molecule has 2 atom stereocenters. The Morgan fingerprint density at radius 1 is 1.56 bits per heavy atom. The van der Waals surface area contributed by atoms with Gasteiger partial charge in [0.25, 0.3) is 0 Å². The molecule has 1 aromatic rings. The van der Waals surface area contributed by atoms with E-state index in [-0.39, 0.29) is 17.7 Å². The zero-order valence-electron chi connectivity index (χ0n) is 9.98. The van der Waals surface area contributed by atoms with Crippen LogP contribution in [0.1, 0.15) is 0 Å². The summed E-state index contributed by atoms with van der Waals surface area (Å²) in [6.45, 7) is 0.667. The number of methoxy groups -OCH3 is 1. The summed E-state index contributed by atoms with van der Waals surface area (Å²) < 4.78 is 23.3. The van der Waals surface area contributed by atoms with Gasteiger partial charge in [0.2, 0.25) is 5.91 Å². The lowest BCUT2D eigenvalue weighted by Crippen LogP contribution is -2.37. The Labute approximate surface area is 104 Å². The zero-order chi connectivity index (χ0) is 13.1. The summed E-state index contributed by atoms with van der Waals surface area (Å²) in [4.78, 5) is 11.9. The number of amides is 1. The van der Waals surface area contributed by atoms with E-state index in [1.54, 1.807) is 6.07 Å². The number of carbonyl (C=O) groups is 1. The Balaban J connectivity index is 2.05.